The predicted molar refractivity (Wildman–Crippen MR) is 52.7 cm³/mol. The van der Waals surface area contributed by atoms with Crippen LogP contribution >= 0.6 is 11.8 Å². The first-order valence-electron chi connectivity index (χ1n) is 4.56. The van der Waals surface area contributed by atoms with Crippen molar-refractivity contribution in [3.8, 4) is 0 Å². The van der Waals surface area contributed by atoms with Gasteiger partial charge in [-0.3, -0.25) is 4.79 Å². The number of hydrogen-bond acceptors (Lipinski definition) is 4. The van der Waals surface area contributed by atoms with E-state index in [-0.39, 0.29) is 29.8 Å². The second kappa shape index (κ2) is 4.86. The molecule has 3 atom stereocenters. The molecule has 13 heavy (non-hydrogen) atoms. The summed E-state index contributed by atoms with van der Waals surface area (Å²) < 4.78 is 5.02. The normalized spacial score (nSPS) is 30.2. The maximum Gasteiger partial charge on any atom is 0.319 e. The number of carbonyl (C=O) groups excluding carboxylic acids is 1. The lowest BCUT2D eigenvalue weighted by molar-refractivity contribution is -0.140. The fourth-order valence-electron chi connectivity index (χ4n) is 1.19. The van der Waals surface area contributed by atoms with E-state index in [1.807, 2.05) is 13.8 Å². The Hall–Kier alpha value is -0.220. The monoisotopic (exact) mass is 204 g/mol. The minimum absolute atomic E-state index is 0.0102. The first-order valence-corrected chi connectivity index (χ1v) is 5.61. The maximum absolute atomic E-state index is 11.2. The Morgan fingerprint density at radius 1 is 1.77 bits per heavy atom. The fourth-order valence-corrected chi connectivity index (χ4v) is 2.45. The summed E-state index contributed by atoms with van der Waals surface area (Å²) in [7, 11) is 0. The lowest BCUT2D eigenvalue weighted by Crippen LogP contribution is -2.13. The van der Waals surface area contributed by atoms with Gasteiger partial charge in [-0.2, -0.15) is 0 Å². The molecule has 0 bridgehead atoms. The molecule has 1 rings (SSSR count). The number of hydrogen-bond donors (Lipinski definition) is 1. The second-order valence-electron chi connectivity index (χ2n) is 3.59. The zero-order valence-corrected chi connectivity index (χ0v) is 8.84. The quantitative estimate of drug-likeness (QED) is 0.695. The van der Waals surface area contributed by atoms with Crippen LogP contribution in [0.2, 0.25) is 0 Å². The highest BCUT2D eigenvalue weighted by Gasteiger charge is 2.32. The summed E-state index contributed by atoms with van der Waals surface area (Å²) in [6.07, 6.45) is 0.871. The van der Waals surface area contributed by atoms with Gasteiger partial charge in [0.05, 0.1) is 0 Å². The van der Waals surface area contributed by atoms with Crippen LogP contribution in [0.4, 0.5) is 0 Å². The van der Waals surface area contributed by atoms with E-state index in [9.17, 15) is 4.79 Å². The van der Waals surface area contributed by atoms with E-state index < -0.39 is 0 Å². The largest absolute Gasteiger partial charge is 0.462 e. The van der Waals surface area contributed by atoms with Crippen molar-refractivity contribution in [2.24, 2.45) is 5.92 Å². The van der Waals surface area contributed by atoms with Gasteiger partial charge in [-0.1, -0.05) is 6.92 Å². The van der Waals surface area contributed by atoms with Gasteiger partial charge >= 0.3 is 5.97 Å². The van der Waals surface area contributed by atoms with Crippen LogP contribution in [0.1, 0.15) is 20.3 Å². The van der Waals surface area contributed by atoms with Crippen LogP contribution < -0.4 is 0 Å². The first kappa shape index (κ1) is 10.9. The summed E-state index contributed by atoms with van der Waals surface area (Å²) in [5, 5.41) is 8.79. The summed E-state index contributed by atoms with van der Waals surface area (Å²) in [5.41, 5.74) is 0. The number of aliphatic hydroxyl groups is 1. The van der Waals surface area contributed by atoms with E-state index in [0.717, 1.165) is 12.2 Å². The molecule has 0 aromatic rings. The molecule has 0 aromatic heterocycles. The van der Waals surface area contributed by atoms with Crippen LogP contribution in [0.5, 0.6) is 0 Å². The van der Waals surface area contributed by atoms with E-state index in [1.54, 1.807) is 11.8 Å². The van der Waals surface area contributed by atoms with E-state index in [0.29, 0.717) is 0 Å². The smallest absolute Gasteiger partial charge is 0.319 e. The maximum atomic E-state index is 11.2. The van der Waals surface area contributed by atoms with Crippen molar-refractivity contribution in [2.75, 3.05) is 12.4 Å². The lowest BCUT2D eigenvalue weighted by atomic mass is 10.2. The molecular formula is C9H16O3S. The number of aliphatic hydroxyl groups excluding tert-OH is 1. The molecule has 0 saturated carbocycles. The number of cyclic esters (lactones) is 1. The Morgan fingerprint density at radius 2 is 2.46 bits per heavy atom. The molecule has 1 fully saturated rings. The average Bonchev–Trinajstić information content (AvgIpc) is 2.41. The van der Waals surface area contributed by atoms with Gasteiger partial charge in [-0.05, 0) is 18.6 Å². The van der Waals surface area contributed by atoms with Crippen molar-refractivity contribution >= 4 is 17.7 Å². The third kappa shape index (κ3) is 3.19. The van der Waals surface area contributed by atoms with Crippen LogP contribution in [-0.2, 0) is 9.53 Å². The van der Waals surface area contributed by atoms with Crippen molar-refractivity contribution in [1.29, 1.82) is 0 Å². The first-order chi connectivity index (χ1) is 6.13. The fraction of sp³-hybridized carbons (Fsp3) is 0.889. The number of carbonyl (C=O) groups is 1. The molecule has 4 heteroatoms. The zero-order chi connectivity index (χ0) is 9.84. The molecule has 1 aliphatic rings. The highest BCUT2D eigenvalue weighted by molar-refractivity contribution is 8.00. The highest BCUT2D eigenvalue weighted by Crippen LogP contribution is 2.27. The Bertz CT molecular complexity index is 184. The van der Waals surface area contributed by atoms with Gasteiger partial charge in [0.1, 0.15) is 11.4 Å². The molecule has 1 aliphatic heterocycles. The number of thioether (sulfide) groups is 1. The van der Waals surface area contributed by atoms with Gasteiger partial charge in [0.25, 0.3) is 0 Å². The molecule has 1 N–H and O–H groups in total. The van der Waals surface area contributed by atoms with Crippen LogP contribution in [0.25, 0.3) is 0 Å². The van der Waals surface area contributed by atoms with Crippen LogP contribution in [0.15, 0.2) is 0 Å². The molecule has 0 amide bonds. The lowest BCUT2D eigenvalue weighted by Gasteiger charge is -2.09. The molecule has 1 heterocycles. The van der Waals surface area contributed by atoms with Crippen molar-refractivity contribution in [1.82, 2.24) is 0 Å². The van der Waals surface area contributed by atoms with Crippen molar-refractivity contribution in [3.63, 3.8) is 0 Å². The Labute approximate surface area is 82.8 Å². The van der Waals surface area contributed by atoms with Gasteiger partial charge in [0.15, 0.2) is 0 Å². The standard InChI is InChI=1S/C9H16O3S/c1-6(4-10)5-13-8-3-7(2)12-9(8)11/h6-8,10H,3-5H2,1-2H3/t6-,7+,8+/m1/s1. The van der Waals surface area contributed by atoms with Crippen molar-refractivity contribution in [3.05, 3.63) is 0 Å². The predicted octanol–water partition coefficient (Wildman–Crippen LogP) is 1.05. The van der Waals surface area contributed by atoms with Crippen LogP contribution in [-0.4, -0.2) is 34.8 Å². The summed E-state index contributed by atoms with van der Waals surface area (Å²) in [5.74, 6) is 0.986. The van der Waals surface area contributed by atoms with Crippen molar-refractivity contribution in [2.45, 2.75) is 31.6 Å². The summed E-state index contributed by atoms with van der Waals surface area (Å²) >= 11 is 1.59. The van der Waals surface area contributed by atoms with Gasteiger partial charge < -0.3 is 9.84 Å². The summed E-state index contributed by atoms with van der Waals surface area (Å²) in [6, 6.07) is 0. The molecule has 3 nitrogen and oxygen atoms in total. The summed E-state index contributed by atoms with van der Waals surface area (Å²) in [4.78, 5) is 11.2. The van der Waals surface area contributed by atoms with E-state index >= 15 is 0 Å². The van der Waals surface area contributed by atoms with E-state index in [2.05, 4.69) is 0 Å². The minimum Gasteiger partial charge on any atom is -0.462 e. The number of esters is 1. The van der Waals surface area contributed by atoms with Gasteiger partial charge in [-0.15, -0.1) is 11.8 Å². The third-order valence-electron chi connectivity index (χ3n) is 2.02. The zero-order valence-electron chi connectivity index (χ0n) is 8.03. The van der Waals surface area contributed by atoms with Gasteiger partial charge in [0, 0.05) is 13.0 Å². The molecule has 0 radical (unpaired) electrons. The Morgan fingerprint density at radius 3 is 2.92 bits per heavy atom. The van der Waals surface area contributed by atoms with Gasteiger partial charge in [-0.25, -0.2) is 0 Å². The second-order valence-corrected chi connectivity index (χ2v) is 4.83. The van der Waals surface area contributed by atoms with Crippen molar-refractivity contribution < 1.29 is 14.6 Å². The third-order valence-corrected chi connectivity index (χ3v) is 3.57. The van der Waals surface area contributed by atoms with Crippen LogP contribution in [0, 0.1) is 5.92 Å². The Balaban J connectivity index is 2.25. The molecule has 0 unspecified atom stereocenters. The number of ether oxygens (including phenoxy) is 1. The molecule has 0 aromatic carbocycles. The molecule has 0 spiro atoms. The number of rotatable bonds is 4. The Kier molecular flexibility index (Phi) is 4.06. The minimum atomic E-state index is -0.0948. The van der Waals surface area contributed by atoms with Gasteiger partial charge in [0.2, 0.25) is 0 Å². The molecule has 76 valence electrons. The highest BCUT2D eigenvalue weighted by atomic mass is 32.2. The SMILES string of the molecule is C[C@H](CO)CS[C@H]1C[C@H](C)OC1=O. The molecule has 0 aliphatic carbocycles. The molecule has 1 saturated heterocycles. The van der Waals surface area contributed by atoms with Crippen LogP contribution in [0.3, 0.4) is 0 Å². The molecular weight excluding hydrogens is 188 g/mol. The summed E-state index contributed by atoms with van der Waals surface area (Å²) in [6.45, 7) is 4.06. The van der Waals surface area contributed by atoms with E-state index in [4.69, 9.17) is 9.84 Å². The van der Waals surface area contributed by atoms with E-state index in [1.165, 1.54) is 0 Å². The average molecular weight is 204 g/mol. The topological polar surface area (TPSA) is 46.5 Å².